The van der Waals surface area contributed by atoms with Crippen LogP contribution in [0.1, 0.15) is 63.4 Å². The predicted octanol–water partition coefficient (Wildman–Crippen LogP) is 7.26. The quantitative estimate of drug-likeness (QED) is 0.305. The summed E-state index contributed by atoms with van der Waals surface area (Å²) in [5.74, 6) is -1.17. The number of imidazole rings is 1. The van der Waals surface area contributed by atoms with E-state index in [0.717, 1.165) is 24.2 Å². The second-order valence-electron chi connectivity index (χ2n) is 11.3. The smallest absolute Gasteiger partial charge is 0.480 e. The molecule has 0 radical (unpaired) electrons. The summed E-state index contributed by atoms with van der Waals surface area (Å²) in [4.78, 5) is 30.4. The zero-order valence-corrected chi connectivity index (χ0v) is 23.6. The fourth-order valence-corrected chi connectivity index (χ4v) is 5.87. The number of aromatic nitrogens is 2. The van der Waals surface area contributed by atoms with Crippen molar-refractivity contribution < 1.29 is 32.6 Å². The Hall–Kier alpha value is -3.47. The van der Waals surface area contributed by atoms with Crippen LogP contribution in [0.2, 0.25) is 5.02 Å². The van der Waals surface area contributed by atoms with E-state index in [-0.39, 0.29) is 27.8 Å². The van der Waals surface area contributed by atoms with Gasteiger partial charge < -0.3 is 24.6 Å². The number of halogens is 4. The molecule has 0 aliphatic heterocycles. The number of hydrogen-bond donors (Lipinski definition) is 2. The van der Waals surface area contributed by atoms with Gasteiger partial charge in [-0.1, -0.05) is 32.4 Å². The number of carbonyl (C=O) groups excluding carboxylic acids is 1. The monoisotopic (exact) mass is 580 g/mol. The summed E-state index contributed by atoms with van der Waals surface area (Å²) >= 11 is 6.60. The van der Waals surface area contributed by atoms with Crippen LogP contribution in [-0.4, -0.2) is 50.9 Å². The minimum absolute atomic E-state index is 0.0337. The molecule has 40 heavy (non-hydrogen) atoms. The number of amides is 1. The second kappa shape index (κ2) is 10.8. The Labute approximate surface area is 235 Å². The molecule has 2 aromatic carbocycles. The van der Waals surface area contributed by atoms with Crippen molar-refractivity contribution >= 4 is 46.1 Å². The van der Waals surface area contributed by atoms with Gasteiger partial charge in [0.1, 0.15) is 11.8 Å². The number of fused-ring (bicyclic) bond motifs is 1. The maximum atomic E-state index is 13.1. The van der Waals surface area contributed by atoms with E-state index in [1.807, 2.05) is 4.57 Å². The summed E-state index contributed by atoms with van der Waals surface area (Å²) in [5.41, 5.74) is 1.82. The normalized spacial score (nSPS) is 19.7. The summed E-state index contributed by atoms with van der Waals surface area (Å²) in [6.45, 7) is 8.03. The highest BCUT2D eigenvalue weighted by Crippen LogP contribution is 2.46. The Morgan fingerprint density at radius 3 is 2.45 bits per heavy atom. The lowest BCUT2D eigenvalue weighted by Crippen LogP contribution is -2.40. The number of alkyl halides is 3. The van der Waals surface area contributed by atoms with Crippen LogP contribution in [0.3, 0.4) is 0 Å². The summed E-state index contributed by atoms with van der Waals surface area (Å²) in [7, 11) is 1.39. The number of benzene rings is 2. The molecule has 1 amide bonds. The van der Waals surface area contributed by atoms with E-state index in [1.165, 1.54) is 38.2 Å². The Kier molecular flexibility index (Phi) is 7.99. The second-order valence-corrected chi connectivity index (χ2v) is 11.7. The van der Waals surface area contributed by atoms with Crippen LogP contribution >= 0.6 is 11.6 Å². The molecule has 2 N–H and O–H groups in total. The molecular weight excluding hydrogens is 549 g/mol. The van der Waals surface area contributed by atoms with Crippen LogP contribution in [0, 0.1) is 11.3 Å². The topological polar surface area (TPSA) is 96.7 Å². The molecule has 1 heterocycles. The minimum atomic E-state index is -4.79. The predicted molar refractivity (Wildman–Crippen MR) is 146 cm³/mol. The molecule has 3 atom stereocenters. The van der Waals surface area contributed by atoms with Crippen molar-refractivity contribution in [2.45, 2.75) is 65.4 Å². The SMILES string of the molecule is CC1CC(n2c(Nc3ccc(OC(F)(F)F)cc3)nc3cc(C(=O)N(C)C(C)C(=O)O)c(Cl)cc32)CC(C)(C)C1. The highest BCUT2D eigenvalue weighted by Gasteiger charge is 2.35. The minimum Gasteiger partial charge on any atom is -0.480 e. The van der Waals surface area contributed by atoms with Gasteiger partial charge in [0.15, 0.2) is 0 Å². The standard InChI is InChI=1S/C28H32ClF3N4O4/c1-15-10-18(14-27(3,4)13-15)36-23-12-21(29)20(24(37)35(5)16(2)25(38)39)11-22(23)34-26(36)33-17-6-8-19(9-7-17)40-28(30,31)32/h6-9,11-12,15-16,18H,10,13-14H2,1-5H3,(H,33,34)(H,38,39). The van der Waals surface area contributed by atoms with Gasteiger partial charge in [-0.15, -0.1) is 13.2 Å². The fraction of sp³-hybridized carbons (Fsp3) is 0.464. The Bertz CT molecular complexity index is 1420. The number of carbonyl (C=O) groups is 2. The average molecular weight is 581 g/mol. The zero-order chi connectivity index (χ0) is 29.6. The van der Waals surface area contributed by atoms with Crippen molar-refractivity contribution in [1.29, 1.82) is 0 Å². The number of carboxylic acids is 1. The van der Waals surface area contributed by atoms with Crippen molar-refractivity contribution in [2.75, 3.05) is 12.4 Å². The maximum Gasteiger partial charge on any atom is 0.573 e. The number of nitrogens with zero attached hydrogens (tertiary/aromatic N) is 3. The number of carboxylic acid groups (broad SMARTS) is 1. The first kappa shape index (κ1) is 29.5. The number of anilines is 2. The molecule has 12 heteroatoms. The Morgan fingerprint density at radius 2 is 1.88 bits per heavy atom. The van der Waals surface area contributed by atoms with Crippen molar-refractivity contribution in [3.8, 4) is 5.75 Å². The molecule has 216 valence electrons. The number of ether oxygens (including phenoxy) is 1. The first-order valence-corrected chi connectivity index (χ1v) is 13.3. The van der Waals surface area contributed by atoms with Gasteiger partial charge in [-0.05, 0) is 73.9 Å². The molecule has 4 rings (SSSR count). The van der Waals surface area contributed by atoms with E-state index in [2.05, 4.69) is 30.8 Å². The van der Waals surface area contributed by atoms with Crippen molar-refractivity contribution in [3.63, 3.8) is 0 Å². The van der Waals surface area contributed by atoms with E-state index < -0.39 is 24.3 Å². The van der Waals surface area contributed by atoms with Gasteiger partial charge in [0, 0.05) is 18.8 Å². The molecule has 1 fully saturated rings. The van der Waals surface area contributed by atoms with Gasteiger partial charge in [0.2, 0.25) is 5.95 Å². The molecule has 8 nitrogen and oxygen atoms in total. The van der Waals surface area contributed by atoms with E-state index in [4.69, 9.17) is 16.6 Å². The molecule has 1 saturated carbocycles. The molecular formula is C28H32ClF3N4O4. The summed E-state index contributed by atoms with van der Waals surface area (Å²) in [5, 5.41) is 12.7. The van der Waals surface area contributed by atoms with Crippen LogP contribution in [0.4, 0.5) is 24.8 Å². The number of rotatable bonds is 7. The van der Waals surface area contributed by atoms with Crippen LogP contribution in [-0.2, 0) is 4.79 Å². The van der Waals surface area contributed by atoms with Crippen molar-refractivity contribution in [3.05, 3.63) is 47.0 Å². The lowest BCUT2D eigenvalue weighted by atomic mass is 9.70. The first-order chi connectivity index (χ1) is 18.5. The number of aliphatic carboxylic acids is 1. The van der Waals surface area contributed by atoms with Crippen LogP contribution < -0.4 is 10.1 Å². The molecule has 3 aromatic rings. The largest absolute Gasteiger partial charge is 0.573 e. The fourth-order valence-electron chi connectivity index (χ4n) is 5.63. The van der Waals surface area contributed by atoms with Gasteiger partial charge in [-0.2, -0.15) is 0 Å². The maximum absolute atomic E-state index is 13.1. The number of hydrogen-bond acceptors (Lipinski definition) is 5. The Morgan fingerprint density at radius 1 is 1.23 bits per heavy atom. The van der Waals surface area contributed by atoms with E-state index in [1.54, 1.807) is 12.1 Å². The third-order valence-electron chi connectivity index (χ3n) is 7.34. The average Bonchev–Trinajstić information content (AvgIpc) is 3.17. The van der Waals surface area contributed by atoms with Crippen LogP contribution in [0.5, 0.6) is 5.75 Å². The zero-order valence-electron chi connectivity index (χ0n) is 22.8. The van der Waals surface area contributed by atoms with Gasteiger partial charge >= 0.3 is 12.3 Å². The van der Waals surface area contributed by atoms with Crippen molar-refractivity contribution in [1.82, 2.24) is 14.5 Å². The molecule has 0 spiro atoms. The Balaban J connectivity index is 1.78. The molecule has 3 unspecified atom stereocenters. The van der Waals surface area contributed by atoms with Crippen LogP contribution in [0.15, 0.2) is 36.4 Å². The highest BCUT2D eigenvalue weighted by molar-refractivity contribution is 6.34. The van der Waals surface area contributed by atoms with E-state index in [0.29, 0.717) is 28.6 Å². The van der Waals surface area contributed by atoms with Gasteiger partial charge in [-0.25, -0.2) is 9.78 Å². The number of likely N-dealkylation sites (N-methyl/N-ethyl adjacent to an activating group) is 1. The lowest BCUT2D eigenvalue weighted by Gasteiger charge is -2.40. The van der Waals surface area contributed by atoms with Gasteiger partial charge in [-0.3, -0.25) is 4.79 Å². The summed E-state index contributed by atoms with van der Waals surface area (Å²) < 4.78 is 43.8. The van der Waals surface area contributed by atoms with Gasteiger partial charge in [0.05, 0.1) is 21.6 Å². The molecule has 0 bridgehead atoms. The summed E-state index contributed by atoms with van der Waals surface area (Å²) in [6.07, 6.45) is -2.00. The van der Waals surface area contributed by atoms with Crippen molar-refractivity contribution in [2.24, 2.45) is 11.3 Å². The van der Waals surface area contributed by atoms with Crippen LogP contribution in [0.25, 0.3) is 11.0 Å². The molecule has 0 saturated heterocycles. The first-order valence-electron chi connectivity index (χ1n) is 12.9. The van der Waals surface area contributed by atoms with Gasteiger partial charge in [0.25, 0.3) is 5.91 Å². The highest BCUT2D eigenvalue weighted by atomic mass is 35.5. The van der Waals surface area contributed by atoms with E-state index in [9.17, 15) is 27.9 Å². The molecule has 1 aliphatic carbocycles. The third-order valence-corrected chi connectivity index (χ3v) is 7.65. The summed E-state index contributed by atoms with van der Waals surface area (Å²) in [6, 6.07) is 7.52. The number of nitrogens with one attached hydrogen (secondary N) is 1. The van der Waals surface area contributed by atoms with E-state index >= 15 is 0 Å². The lowest BCUT2D eigenvalue weighted by molar-refractivity contribution is -0.274. The molecule has 1 aliphatic rings. The molecule has 1 aromatic heterocycles. The third kappa shape index (κ3) is 6.46.